The minimum Gasteiger partial charge on any atom is -0.437 e. The summed E-state index contributed by atoms with van der Waals surface area (Å²) in [6.07, 6.45) is 2.12. The molecule has 0 atom stereocenters. The Hall–Kier alpha value is -3.95. The number of ether oxygens (including phenoxy) is 1. The Morgan fingerprint density at radius 2 is 2.00 bits per heavy atom. The molecule has 194 valence electrons. The fourth-order valence-corrected chi connectivity index (χ4v) is 5.04. The van der Waals surface area contributed by atoms with E-state index in [2.05, 4.69) is 59.2 Å². The van der Waals surface area contributed by atoms with Crippen LogP contribution in [-0.2, 0) is 11.2 Å². The number of aromatic nitrogens is 2. The lowest BCUT2D eigenvalue weighted by atomic mass is 10.1. The maximum absolute atomic E-state index is 11.7. The van der Waals surface area contributed by atoms with Crippen LogP contribution in [0.5, 0.6) is 11.6 Å². The number of aryl methyl sites for hydroxylation is 1. The van der Waals surface area contributed by atoms with Gasteiger partial charge < -0.3 is 25.2 Å². The van der Waals surface area contributed by atoms with Crippen LogP contribution in [0.25, 0.3) is 10.2 Å². The van der Waals surface area contributed by atoms with E-state index in [-0.39, 0.29) is 8.76 Å². The third-order valence-corrected chi connectivity index (χ3v) is 7.25. The van der Waals surface area contributed by atoms with Gasteiger partial charge in [0.05, 0.1) is 5.52 Å². The van der Waals surface area contributed by atoms with Crippen LogP contribution in [0.3, 0.4) is 0 Å². The molecule has 0 unspecified atom stereocenters. The topological polar surface area (TPSA) is 82.6 Å². The molecule has 2 aromatic heterocycles. The van der Waals surface area contributed by atoms with Gasteiger partial charge in [0, 0.05) is 52.2 Å². The van der Waals surface area contributed by atoms with Crippen LogP contribution in [0, 0.1) is 0 Å². The molecular formula is C28H34N6O2S. The Balaban J connectivity index is 0.00000210. The van der Waals surface area contributed by atoms with Gasteiger partial charge >= 0.3 is 0 Å². The lowest BCUT2D eigenvalue weighted by Gasteiger charge is -2.34. The summed E-state index contributed by atoms with van der Waals surface area (Å²) in [5.74, 6) is 1.21. The smallest absolute Gasteiger partial charge is 0.247 e. The summed E-state index contributed by atoms with van der Waals surface area (Å²) < 4.78 is 7.03. The Kier molecular flexibility index (Phi) is 7.34. The van der Waals surface area contributed by atoms with E-state index in [4.69, 9.17) is 14.7 Å². The van der Waals surface area contributed by atoms with E-state index >= 15 is 0 Å². The lowest BCUT2D eigenvalue weighted by Crippen LogP contribution is -2.44. The number of fused-ring (bicyclic) bond motifs is 1. The highest BCUT2D eigenvalue weighted by molar-refractivity contribution is 7.17. The number of rotatable bonds is 8. The fourth-order valence-electron chi connectivity index (χ4n) is 4.28. The standard InChI is InChI=1S/C28H30N6O2S.2H2/c1-4-19-17-21(34-14-12-33(3)13-15-34)9-10-23(19)30-28-31-24-11-16-37-26(24)27(32-28)36-22-8-6-7-20(18-22)29-25(35)5-2;;/h5-11,16-18H,2,4,12-15H2,1,3H3,(H,29,35)(H,30,31,32);2*1H. The van der Waals surface area contributed by atoms with Crippen molar-refractivity contribution in [3.63, 3.8) is 0 Å². The predicted octanol–water partition coefficient (Wildman–Crippen LogP) is 6.16. The molecule has 3 heterocycles. The molecule has 8 nitrogen and oxygen atoms in total. The number of anilines is 4. The second-order valence-electron chi connectivity index (χ2n) is 8.92. The summed E-state index contributed by atoms with van der Waals surface area (Å²) in [5.41, 5.74) is 4.86. The van der Waals surface area contributed by atoms with E-state index in [1.807, 2.05) is 23.6 Å². The largest absolute Gasteiger partial charge is 0.437 e. The number of nitrogens with zero attached hydrogens (tertiary/aromatic N) is 4. The molecule has 1 aliphatic rings. The van der Waals surface area contributed by atoms with Crippen LogP contribution < -0.4 is 20.3 Å². The number of hydrogen-bond donors (Lipinski definition) is 2. The summed E-state index contributed by atoms with van der Waals surface area (Å²) >= 11 is 1.52. The van der Waals surface area contributed by atoms with Gasteiger partial charge in [-0.1, -0.05) is 19.6 Å². The second kappa shape index (κ2) is 11.0. The minimum atomic E-state index is -0.281. The molecule has 0 aliphatic carbocycles. The van der Waals surface area contributed by atoms with Crippen LogP contribution in [-0.4, -0.2) is 54.0 Å². The van der Waals surface area contributed by atoms with Gasteiger partial charge in [-0.3, -0.25) is 4.79 Å². The molecule has 4 aromatic rings. The molecule has 0 spiro atoms. The van der Waals surface area contributed by atoms with Crippen LogP contribution in [0.2, 0.25) is 0 Å². The average molecular weight is 519 g/mol. The number of amides is 1. The van der Waals surface area contributed by atoms with Gasteiger partial charge in [0.2, 0.25) is 17.7 Å². The molecule has 1 fully saturated rings. The van der Waals surface area contributed by atoms with Crippen molar-refractivity contribution >= 4 is 50.5 Å². The zero-order chi connectivity index (χ0) is 25.8. The summed E-state index contributed by atoms with van der Waals surface area (Å²) in [6.45, 7) is 9.86. The number of likely N-dealkylation sites (N-methyl/N-ethyl adjacent to an activating group) is 1. The molecule has 9 heteroatoms. The van der Waals surface area contributed by atoms with Crippen LogP contribution in [0.4, 0.5) is 23.0 Å². The van der Waals surface area contributed by atoms with Crippen molar-refractivity contribution < 1.29 is 12.4 Å². The number of thiophene rings is 1. The van der Waals surface area contributed by atoms with Crippen LogP contribution >= 0.6 is 11.3 Å². The maximum atomic E-state index is 11.7. The van der Waals surface area contributed by atoms with Crippen LogP contribution in [0.15, 0.2) is 66.6 Å². The number of piperazine rings is 1. The summed E-state index contributed by atoms with van der Waals surface area (Å²) in [5, 5.41) is 8.14. The normalized spacial score (nSPS) is 13.9. The third-order valence-electron chi connectivity index (χ3n) is 6.36. The van der Waals surface area contributed by atoms with Gasteiger partial charge in [-0.2, -0.15) is 4.98 Å². The highest BCUT2D eigenvalue weighted by Crippen LogP contribution is 2.34. The van der Waals surface area contributed by atoms with E-state index in [9.17, 15) is 4.79 Å². The van der Waals surface area contributed by atoms with E-state index in [0.29, 0.717) is 23.3 Å². The lowest BCUT2D eigenvalue weighted by molar-refractivity contribution is -0.111. The SMILES string of the molecule is C=CC(=O)Nc1cccc(Oc2nc(Nc3ccc(N4CCN(C)CC4)cc3CC)nc3ccsc23)c1.[HH].[HH]. The van der Waals surface area contributed by atoms with E-state index in [1.165, 1.54) is 28.7 Å². The zero-order valence-electron chi connectivity index (χ0n) is 21.0. The van der Waals surface area contributed by atoms with Crippen molar-refractivity contribution in [2.24, 2.45) is 0 Å². The fraction of sp³-hybridized carbons (Fsp3) is 0.250. The van der Waals surface area contributed by atoms with E-state index in [1.54, 1.807) is 12.1 Å². The first-order chi connectivity index (χ1) is 18.0. The Morgan fingerprint density at radius 1 is 1.16 bits per heavy atom. The van der Waals surface area contributed by atoms with Gasteiger partial charge in [-0.05, 0) is 66.9 Å². The average Bonchev–Trinajstić information content (AvgIpc) is 3.39. The highest BCUT2D eigenvalue weighted by Gasteiger charge is 2.17. The van der Waals surface area contributed by atoms with Gasteiger partial charge in [-0.25, -0.2) is 4.98 Å². The van der Waals surface area contributed by atoms with Crippen LogP contribution in [0.1, 0.15) is 15.3 Å². The van der Waals surface area contributed by atoms with E-state index in [0.717, 1.165) is 48.5 Å². The molecule has 2 aromatic carbocycles. The van der Waals surface area contributed by atoms with Gasteiger partial charge in [0.15, 0.2) is 0 Å². The number of hydrogen-bond acceptors (Lipinski definition) is 8. The molecule has 0 radical (unpaired) electrons. The first-order valence-corrected chi connectivity index (χ1v) is 13.2. The molecule has 2 N–H and O–H groups in total. The Labute approximate surface area is 223 Å². The van der Waals surface area contributed by atoms with Crippen molar-refractivity contribution in [1.82, 2.24) is 14.9 Å². The summed E-state index contributed by atoms with van der Waals surface area (Å²) in [6, 6.07) is 15.7. The highest BCUT2D eigenvalue weighted by atomic mass is 32.1. The second-order valence-corrected chi connectivity index (χ2v) is 9.84. The molecule has 1 saturated heterocycles. The van der Waals surface area contributed by atoms with Crippen molar-refractivity contribution in [2.75, 3.05) is 48.8 Å². The molecule has 1 amide bonds. The minimum absolute atomic E-state index is 0. The first-order valence-electron chi connectivity index (χ1n) is 12.3. The molecular weight excluding hydrogens is 484 g/mol. The maximum Gasteiger partial charge on any atom is 0.247 e. The van der Waals surface area contributed by atoms with E-state index < -0.39 is 0 Å². The van der Waals surface area contributed by atoms with Crippen molar-refractivity contribution in [3.05, 3.63) is 72.1 Å². The summed E-state index contributed by atoms with van der Waals surface area (Å²) in [4.78, 5) is 25.9. The van der Waals surface area contributed by atoms with Crippen molar-refractivity contribution in [2.45, 2.75) is 13.3 Å². The predicted molar refractivity (Wildman–Crippen MR) is 156 cm³/mol. The molecule has 0 saturated carbocycles. The number of carbonyl (C=O) groups is 1. The molecule has 0 bridgehead atoms. The Morgan fingerprint density at radius 3 is 2.78 bits per heavy atom. The third kappa shape index (κ3) is 5.73. The number of carbonyl (C=O) groups excluding carboxylic acids is 1. The first kappa shape index (κ1) is 24.7. The molecule has 5 rings (SSSR count). The number of nitrogens with one attached hydrogen (secondary N) is 2. The van der Waals surface area contributed by atoms with Gasteiger partial charge in [0.25, 0.3) is 0 Å². The van der Waals surface area contributed by atoms with Crippen molar-refractivity contribution in [3.8, 4) is 11.6 Å². The van der Waals surface area contributed by atoms with Crippen molar-refractivity contribution in [1.29, 1.82) is 0 Å². The zero-order valence-corrected chi connectivity index (χ0v) is 21.8. The quantitative estimate of drug-likeness (QED) is 0.270. The molecule has 1 aliphatic heterocycles. The number of benzene rings is 2. The summed E-state index contributed by atoms with van der Waals surface area (Å²) in [7, 11) is 2.17. The monoisotopic (exact) mass is 518 g/mol. The molecule has 37 heavy (non-hydrogen) atoms. The Bertz CT molecular complexity index is 1440. The van der Waals surface area contributed by atoms with Gasteiger partial charge in [0.1, 0.15) is 10.4 Å². The van der Waals surface area contributed by atoms with Gasteiger partial charge in [-0.15, -0.1) is 11.3 Å².